The Balaban J connectivity index is 1.85. The fourth-order valence-electron chi connectivity index (χ4n) is 2.37. The van der Waals surface area contributed by atoms with Gasteiger partial charge in [0.25, 0.3) is 5.91 Å². The number of para-hydroxylation sites is 1. The van der Waals surface area contributed by atoms with Gasteiger partial charge in [0.1, 0.15) is 5.58 Å². The number of anilines is 2. The molecule has 0 aliphatic carbocycles. The highest BCUT2D eigenvalue weighted by atomic mass is 16.3. The van der Waals surface area contributed by atoms with Crippen LogP contribution in [0, 0.1) is 0 Å². The molecule has 1 aromatic heterocycles. The van der Waals surface area contributed by atoms with Gasteiger partial charge in [0, 0.05) is 11.1 Å². The minimum atomic E-state index is -0.342. The van der Waals surface area contributed by atoms with E-state index in [9.17, 15) is 4.79 Å². The van der Waals surface area contributed by atoms with E-state index in [-0.39, 0.29) is 11.7 Å². The molecule has 0 atom stereocenters. The molecule has 0 fully saturated rings. The first-order valence-electron chi connectivity index (χ1n) is 7.24. The molecule has 0 saturated heterocycles. The summed E-state index contributed by atoms with van der Waals surface area (Å²) in [6.07, 6.45) is 0. The first kappa shape index (κ1) is 14.2. The number of fused-ring (bicyclic) bond motifs is 1. The average molecular weight is 294 g/mol. The predicted octanol–water partition coefficient (Wildman–Crippen LogP) is 4.39. The highest BCUT2D eigenvalue weighted by molar-refractivity contribution is 6.10. The van der Waals surface area contributed by atoms with Crippen LogP contribution >= 0.6 is 0 Å². The number of amides is 1. The molecule has 22 heavy (non-hydrogen) atoms. The SMILES string of the molecule is CC(C)c1ccc(NC(=O)c2oc3ccccc3c2N)cc1. The number of rotatable bonds is 3. The van der Waals surface area contributed by atoms with Gasteiger partial charge in [-0.2, -0.15) is 0 Å². The molecule has 0 bridgehead atoms. The van der Waals surface area contributed by atoms with Crippen LogP contribution in [-0.4, -0.2) is 5.91 Å². The number of carbonyl (C=O) groups is 1. The quantitative estimate of drug-likeness (QED) is 0.752. The zero-order valence-corrected chi connectivity index (χ0v) is 12.6. The summed E-state index contributed by atoms with van der Waals surface area (Å²) in [5.74, 6) is 0.260. The lowest BCUT2D eigenvalue weighted by Gasteiger charge is -2.07. The molecule has 0 aliphatic rings. The second-order valence-electron chi connectivity index (χ2n) is 5.57. The topological polar surface area (TPSA) is 68.3 Å². The van der Waals surface area contributed by atoms with Crippen LogP contribution in [0.1, 0.15) is 35.9 Å². The summed E-state index contributed by atoms with van der Waals surface area (Å²) in [7, 11) is 0. The lowest BCUT2D eigenvalue weighted by atomic mass is 10.0. The van der Waals surface area contributed by atoms with Crippen molar-refractivity contribution in [1.82, 2.24) is 0 Å². The van der Waals surface area contributed by atoms with Crippen LogP contribution in [0.5, 0.6) is 0 Å². The molecule has 3 aromatic rings. The number of hydrogen-bond acceptors (Lipinski definition) is 3. The van der Waals surface area contributed by atoms with Crippen LogP contribution in [0.4, 0.5) is 11.4 Å². The van der Waals surface area contributed by atoms with E-state index in [1.165, 1.54) is 5.56 Å². The fraction of sp³-hybridized carbons (Fsp3) is 0.167. The van der Waals surface area contributed by atoms with Gasteiger partial charge in [-0.05, 0) is 35.7 Å². The molecule has 4 heteroatoms. The van der Waals surface area contributed by atoms with Crippen molar-refractivity contribution in [3.63, 3.8) is 0 Å². The zero-order valence-electron chi connectivity index (χ0n) is 12.6. The highest BCUT2D eigenvalue weighted by Crippen LogP contribution is 2.28. The number of furan rings is 1. The Bertz CT molecular complexity index is 817. The van der Waals surface area contributed by atoms with Crippen molar-refractivity contribution in [2.45, 2.75) is 19.8 Å². The lowest BCUT2D eigenvalue weighted by molar-refractivity contribution is 0.1000. The van der Waals surface area contributed by atoms with E-state index in [0.717, 1.165) is 5.39 Å². The Hall–Kier alpha value is -2.75. The third-order valence-electron chi connectivity index (χ3n) is 3.68. The monoisotopic (exact) mass is 294 g/mol. The van der Waals surface area contributed by atoms with Gasteiger partial charge < -0.3 is 15.5 Å². The Morgan fingerprint density at radius 3 is 2.41 bits per heavy atom. The second-order valence-corrected chi connectivity index (χ2v) is 5.57. The summed E-state index contributed by atoms with van der Waals surface area (Å²) in [5.41, 5.74) is 8.92. The third kappa shape index (κ3) is 2.55. The largest absolute Gasteiger partial charge is 0.449 e. The summed E-state index contributed by atoms with van der Waals surface area (Å²) in [4.78, 5) is 12.3. The first-order valence-corrected chi connectivity index (χ1v) is 7.24. The number of nitrogens with one attached hydrogen (secondary N) is 1. The van der Waals surface area contributed by atoms with Crippen molar-refractivity contribution in [3.8, 4) is 0 Å². The average Bonchev–Trinajstić information content (AvgIpc) is 2.85. The van der Waals surface area contributed by atoms with Crippen molar-refractivity contribution in [3.05, 3.63) is 59.9 Å². The molecule has 0 saturated carbocycles. The molecular formula is C18H18N2O2. The molecule has 1 heterocycles. The molecule has 3 rings (SSSR count). The third-order valence-corrected chi connectivity index (χ3v) is 3.68. The highest BCUT2D eigenvalue weighted by Gasteiger charge is 2.18. The summed E-state index contributed by atoms with van der Waals surface area (Å²) >= 11 is 0. The molecule has 3 N–H and O–H groups in total. The molecule has 2 aromatic carbocycles. The number of nitrogens with two attached hydrogens (primary N) is 1. The van der Waals surface area contributed by atoms with Crippen molar-refractivity contribution >= 4 is 28.3 Å². The van der Waals surface area contributed by atoms with Crippen LogP contribution < -0.4 is 11.1 Å². The van der Waals surface area contributed by atoms with E-state index in [0.29, 0.717) is 22.9 Å². The van der Waals surface area contributed by atoms with Crippen LogP contribution in [0.25, 0.3) is 11.0 Å². The van der Waals surface area contributed by atoms with Crippen LogP contribution in [-0.2, 0) is 0 Å². The maximum atomic E-state index is 12.3. The smallest absolute Gasteiger partial charge is 0.293 e. The van der Waals surface area contributed by atoms with Gasteiger partial charge in [0.2, 0.25) is 5.76 Å². The van der Waals surface area contributed by atoms with Crippen molar-refractivity contribution < 1.29 is 9.21 Å². The number of nitrogen functional groups attached to an aromatic ring is 1. The Morgan fingerprint density at radius 1 is 1.09 bits per heavy atom. The summed E-state index contributed by atoms with van der Waals surface area (Å²) < 4.78 is 5.56. The minimum Gasteiger partial charge on any atom is -0.449 e. The van der Waals surface area contributed by atoms with Gasteiger partial charge in [-0.15, -0.1) is 0 Å². The van der Waals surface area contributed by atoms with Crippen molar-refractivity contribution in [1.29, 1.82) is 0 Å². The van der Waals surface area contributed by atoms with Gasteiger partial charge in [-0.3, -0.25) is 4.79 Å². The van der Waals surface area contributed by atoms with Gasteiger partial charge in [0.05, 0.1) is 5.69 Å². The van der Waals surface area contributed by atoms with E-state index in [1.54, 1.807) is 6.07 Å². The Labute approximate surface area is 128 Å². The number of hydrogen-bond donors (Lipinski definition) is 2. The molecule has 0 spiro atoms. The van der Waals surface area contributed by atoms with Gasteiger partial charge in [-0.25, -0.2) is 0 Å². The summed E-state index contributed by atoms with van der Waals surface area (Å²) in [6.45, 7) is 4.26. The first-order chi connectivity index (χ1) is 10.6. The molecule has 112 valence electrons. The van der Waals surface area contributed by atoms with Crippen LogP contribution in [0.2, 0.25) is 0 Å². The standard InChI is InChI=1S/C18H18N2O2/c1-11(2)12-7-9-13(10-8-12)20-18(21)17-16(19)14-5-3-4-6-15(14)22-17/h3-11H,19H2,1-2H3,(H,20,21). The maximum Gasteiger partial charge on any atom is 0.293 e. The molecular weight excluding hydrogens is 276 g/mol. The van der Waals surface area contributed by atoms with E-state index in [4.69, 9.17) is 10.2 Å². The van der Waals surface area contributed by atoms with E-state index >= 15 is 0 Å². The van der Waals surface area contributed by atoms with Crippen molar-refractivity contribution in [2.75, 3.05) is 11.1 Å². The van der Waals surface area contributed by atoms with Gasteiger partial charge in [-0.1, -0.05) is 38.1 Å². The van der Waals surface area contributed by atoms with E-state index < -0.39 is 0 Å². The van der Waals surface area contributed by atoms with Crippen LogP contribution in [0.15, 0.2) is 52.9 Å². The predicted molar refractivity (Wildman–Crippen MR) is 89.1 cm³/mol. The lowest BCUT2D eigenvalue weighted by Crippen LogP contribution is -2.12. The number of benzene rings is 2. The minimum absolute atomic E-state index is 0.147. The van der Waals surface area contributed by atoms with Gasteiger partial charge >= 0.3 is 0 Å². The van der Waals surface area contributed by atoms with Crippen molar-refractivity contribution in [2.24, 2.45) is 0 Å². The summed E-state index contributed by atoms with van der Waals surface area (Å²) in [6, 6.07) is 15.1. The normalized spacial score (nSPS) is 11.0. The van der Waals surface area contributed by atoms with Gasteiger partial charge in [0.15, 0.2) is 0 Å². The van der Waals surface area contributed by atoms with E-state index in [1.807, 2.05) is 42.5 Å². The van der Waals surface area contributed by atoms with Crippen LogP contribution in [0.3, 0.4) is 0 Å². The molecule has 0 unspecified atom stereocenters. The zero-order chi connectivity index (χ0) is 15.7. The molecule has 0 radical (unpaired) electrons. The fourth-order valence-corrected chi connectivity index (χ4v) is 2.37. The molecule has 1 amide bonds. The Kier molecular flexibility index (Phi) is 3.59. The number of carbonyl (C=O) groups excluding carboxylic acids is 1. The molecule has 4 nitrogen and oxygen atoms in total. The molecule has 0 aliphatic heterocycles. The maximum absolute atomic E-state index is 12.3. The Morgan fingerprint density at radius 2 is 1.77 bits per heavy atom. The second kappa shape index (κ2) is 5.56. The van der Waals surface area contributed by atoms with E-state index in [2.05, 4.69) is 19.2 Å². The summed E-state index contributed by atoms with van der Waals surface area (Å²) in [5, 5.41) is 3.57.